The molecule has 6 nitrogen and oxygen atoms in total. The maximum Gasteiger partial charge on any atom is 0.335 e. The molecule has 1 fully saturated rings. The number of rotatable bonds is 4. The molecule has 122 valence electrons. The zero-order chi connectivity index (χ0) is 16.5. The summed E-state index contributed by atoms with van der Waals surface area (Å²) in [6, 6.07) is 7.81. The third-order valence-electron chi connectivity index (χ3n) is 2.88. The number of halogens is 2. The number of alkyl halides is 2. The first-order valence-electron chi connectivity index (χ1n) is 6.60. The van der Waals surface area contributed by atoms with E-state index in [0.29, 0.717) is 23.9 Å². The SMILES string of the molecule is O=C(O)c1ccccc1.O=C(OC(Br)CBr)C1CCCN1O. The first-order chi connectivity index (χ1) is 10.5. The molecule has 1 aromatic carbocycles. The summed E-state index contributed by atoms with van der Waals surface area (Å²) in [4.78, 5) is 21.6. The summed E-state index contributed by atoms with van der Waals surface area (Å²) in [5.41, 5.74) is 0.331. The van der Waals surface area contributed by atoms with Crippen LogP contribution in [-0.4, -0.2) is 50.2 Å². The summed E-state index contributed by atoms with van der Waals surface area (Å²) < 4.78 is 4.98. The number of hydrogen-bond acceptors (Lipinski definition) is 5. The fraction of sp³-hybridized carbons (Fsp3) is 0.429. The van der Waals surface area contributed by atoms with Gasteiger partial charge in [0.2, 0.25) is 0 Å². The Morgan fingerprint density at radius 1 is 1.36 bits per heavy atom. The predicted octanol–water partition coefficient (Wildman–Crippen LogP) is 2.88. The number of nitrogens with zero attached hydrogens (tertiary/aromatic N) is 1. The molecule has 1 saturated heterocycles. The molecule has 1 aliphatic heterocycles. The van der Waals surface area contributed by atoms with Crippen LogP contribution < -0.4 is 0 Å². The van der Waals surface area contributed by atoms with Crippen LogP contribution in [0.1, 0.15) is 23.2 Å². The van der Waals surface area contributed by atoms with Gasteiger partial charge in [0.1, 0.15) is 6.04 Å². The summed E-state index contributed by atoms with van der Waals surface area (Å²) in [5, 5.41) is 18.9. The Balaban J connectivity index is 0.000000235. The van der Waals surface area contributed by atoms with Crippen LogP contribution in [-0.2, 0) is 9.53 Å². The molecule has 0 aromatic heterocycles. The molecular weight excluding hydrogens is 422 g/mol. The minimum absolute atomic E-state index is 0.325. The van der Waals surface area contributed by atoms with Gasteiger partial charge in [-0.2, -0.15) is 5.06 Å². The van der Waals surface area contributed by atoms with Crippen LogP contribution in [0.25, 0.3) is 0 Å². The molecule has 8 heteroatoms. The fourth-order valence-corrected chi connectivity index (χ4v) is 2.12. The highest BCUT2D eigenvalue weighted by atomic mass is 79.9. The Kier molecular flexibility index (Phi) is 8.62. The van der Waals surface area contributed by atoms with Crippen LogP contribution in [0.4, 0.5) is 0 Å². The minimum Gasteiger partial charge on any atom is -0.478 e. The number of hydrogen-bond donors (Lipinski definition) is 2. The number of carbonyl (C=O) groups is 2. The van der Waals surface area contributed by atoms with Crippen molar-refractivity contribution in [3.8, 4) is 0 Å². The van der Waals surface area contributed by atoms with E-state index in [1.807, 2.05) is 0 Å². The molecule has 22 heavy (non-hydrogen) atoms. The van der Waals surface area contributed by atoms with Crippen molar-refractivity contribution >= 4 is 43.8 Å². The summed E-state index contributed by atoms with van der Waals surface area (Å²) in [6.45, 7) is 0.543. The van der Waals surface area contributed by atoms with Gasteiger partial charge in [0.25, 0.3) is 0 Å². The highest BCUT2D eigenvalue weighted by Gasteiger charge is 2.31. The maximum atomic E-state index is 11.4. The van der Waals surface area contributed by atoms with Gasteiger partial charge in [-0.3, -0.25) is 4.79 Å². The second-order valence-corrected chi connectivity index (χ2v) is 6.16. The van der Waals surface area contributed by atoms with Crippen molar-refractivity contribution < 1.29 is 24.6 Å². The second kappa shape index (κ2) is 9.94. The number of carbonyl (C=O) groups excluding carboxylic acids is 1. The number of hydroxylamine groups is 2. The average molecular weight is 439 g/mol. The van der Waals surface area contributed by atoms with E-state index in [2.05, 4.69) is 31.9 Å². The standard InChI is InChI=1S/C7H11Br2NO3.C7H6O2/c8-4-6(9)13-7(11)5-2-1-3-10(5)12;8-7(9)6-4-2-1-3-5-6/h5-6,12H,1-4H2;1-5H,(H,8,9). The third-order valence-corrected chi connectivity index (χ3v) is 4.85. The van der Waals surface area contributed by atoms with Crippen molar-refractivity contribution in [1.82, 2.24) is 5.06 Å². The summed E-state index contributed by atoms with van der Waals surface area (Å²) >= 11 is 6.32. The van der Waals surface area contributed by atoms with Crippen LogP contribution in [0.3, 0.4) is 0 Å². The van der Waals surface area contributed by atoms with E-state index in [-0.39, 0.29) is 11.0 Å². The summed E-state index contributed by atoms with van der Waals surface area (Å²) in [5.74, 6) is -1.25. The largest absolute Gasteiger partial charge is 0.478 e. The van der Waals surface area contributed by atoms with Gasteiger partial charge in [-0.05, 0) is 40.9 Å². The fourth-order valence-electron chi connectivity index (χ4n) is 1.81. The van der Waals surface area contributed by atoms with Crippen molar-refractivity contribution in [2.24, 2.45) is 0 Å². The number of carboxylic acid groups (broad SMARTS) is 1. The molecule has 0 spiro atoms. The number of ether oxygens (including phenoxy) is 1. The van der Waals surface area contributed by atoms with Crippen LogP contribution in [0.5, 0.6) is 0 Å². The molecular formula is C14H17Br2NO5. The number of benzene rings is 1. The van der Waals surface area contributed by atoms with Gasteiger partial charge in [-0.1, -0.05) is 34.1 Å². The Bertz CT molecular complexity index is 485. The van der Waals surface area contributed by atoms with E-state index in [0.717, 1.165) is 11.5 Å². The highest BCUT2D eigenvalue weighted by molar-refractivity contribution is 9.12. The summed E-state index contributed by atoms with van der Waals surface area (Å²) in [6.07, 6.45) is 1.49. The molecule has 1 heterocycles. The van der Waals surface area contributed by atoms with Gasteiger partial charge in [-0.25, -0.2) is 4.79 Å². The van der Waals surface area contributed by atoms with Gasteiger partial charge < -0.3 is 15.1 Å². The lowest BCUT2D eigenvalue weighted by atomic mass is 10.2. The van der Waals surface area contributed by atoms with E-state index in [1.165, 1.54) is 0 Å². The lowest BCUT2D eigenvalue weighted by molar-refractivity contribution is -0.167. The van der Waals surface area contributed by atoms with Crippen molar-refractivity contribution in [2.45, 2.75) is 23.9 Å². The third kappa shape index (κ3) is 6.43. The molecule has 0 radical (unpaired) electrons. The zero-order valence-corrected chi connectivity index (χ0v) is 14.9. The van der Waals surface area contributed by atoms with E-state index in [9.17, 15) is 14.8 Å². The van der Waals surface area contributed by atoms with Gasteiger partial charge in [0.15, 0.2) is 5.01 Å². The molecule has 2 N–H and O–H groups in total. The molecule has 1 aromatic rings. The number of carboxylic acids is 1. The number of aromatic carboxylic acids is 1. The average Bonchev–Trinajstić information content (AvgIpc) is 2.95. The summed E-state index contributed by atoms with van der Waals surface area (Å²) in [7, 11) is 0. The van der Waals surface area contributed by atoms with Gasteiger partial charge in [-0.15, -0.1) is 0 Å². The number of esters is 1. The van der Waals surface area contributed by atoms with E-state index in [1.54, 1.807) is 30.3 Å². The Hall–Kier alpha value is -0.960. The van der Waals surface area contributed by atoms with Gasteiger partial charge >= 0.3 is 11.9 Å². The molecule has 0 aliphatic carbocycles. The quantitative estimate of drug-likeness (QED) is 0.555. The maximum absolute atomic E-state index is 11.4. The molecule has 1 aliphatic rings. The predicted molar refractivity (Wildman–Crippen MR) is 87.5 cm³/mol. The topological polar surface area (TPSA) is 87.1 Å². The van der Waals surface area contributed by atoms with Crippen molar-refractivity contribution in [3.05, 3.63) is 35.9 Å². The van der Waals surface area contributed by atoms with Crippen LogP contribution in [0, 0.1) is 0 Å². The van der Waals surface area contributed by atoms with E-state index in [4.69, 9.17) is 9.84 Å². The van der Waals surface area contributed by atoms with Crippen molar-refractivity contribution in [3.63, 3.8) is 0 Å². The molecule has 0 bridgehead atoms. The highest BCUT2D eigenvalue weighted by Crippen LogP contribution is 2.17. The normalized spacial score (nSPS) is 19.0. The molecule has 2 atom stereocenters. The second-order valence-electron chi connectivity index (χ2n) is 4.49. The molecule has 2 unspecified atom stereocenters. The molecule has 0 amide bonds. The van der Waals surface area contributed by atoms with Crippen molar-refractivity contribution in [2.75, 3.05) is 11.9 Å². The first kappa shape index (κ1) is 19.1. The van der Waals surface area contributed by atoms with Crippen LogP contribution in [0.15, 0.2) is 30.3 Å². The van der Waals surface area contributed by atoms with Crippen LogP contribution in [0.2, 0.25) is 0 Å². The lowest BCUT2D eigenvalue weighted by Crippen LogP contribution is -2.36. The van der Waals surface area contributed by atoms with Gasteiger partial charge in [0, 0.05) is 6.54 Å². The van der Waals surface area contributed by atoms with Gasteiger partial charge in [0.05, 0.1) is 10.9 Å². The minimum atomic E-state index is -0.879. The molecule has 0 saturated carbocycles. The smallest absolute Gasteiger partial charge is 0.335 e. The zero-order valence-electron chi connectivity index (χ0n) is 11.7. The monoisotopic (exact) mass is 437 g/mol. The van der Waals surface area contributed by atoms with Crippen molar-refractivity contribution in [1.29, 1.82) is 0 Å². The van der Waals surface area contributed by atoms with E-state index < -0.39 is 12.0 Å². The Morgan fingerprint density at radius 3 is 2.41 bits per heavy atom. The first-order valence-corrected chi connectivity index (χ1v) is 8.63. The van der Waals surface area contributed by atoms with Crippen LogP contribution >= 0.6 is 31.9 Å². The Morgan fingerprint density at radius 2 is 2.00 bits per heavy atom. The lowest BCUT2D eigenvalue weighted by Gasteiger charge is -2.17. The molecule has 2 rings (SSSR count). The van der Waals surface area contributed by atoms with E-state index >= 15 is 0 Å². The Labute approximate surface area is 145 Å².